The van der Waals surface area contributed by atoms with Crippen molar-refractivity contribution in [3.63, 3.8) is 0 Å². The fourth-order valence-corrected chi connectivity index (χ4v) is 2.82. The van der Waals surface area contributed by atoms with Crippen LogP contribution in [0.3, 0.4) is 0 Å². The largest absolute Gasteiger partial charge is 0.493 e. The maximum Gasteiger partial charge on any atom is 0.246 e. The Labute approximate surface area is 136 Å². The van der Waals surface area contributed by atoms with Gasteiger partial charge < -0.3 is 24.4 Å². The van der Waals surface area contributed by atoms with Crippen molar-refractivity contribution >= 4 is 12.0 Å². The lowest BCUT2D eigenvalue weighted by atomic mass is 10.1. The summed E-state index contributed by atoms with van der Waals surface area (Å²) in [6, 6.07) is 3.91. The van der Waals surface area contributed by atoms with E-state index in [-0.39, 0.29) is 11.9 Å². The molecule has 3 rings (SSSR count). The highest BCUT2D eigenvalue weighted by atomic mass is 16.6. The van der Waals surface area contributed by atoms with Crippen molar-refractivity contribution in [3.05, 3.63) is 23.8 Å². The molecule has 0 saturated carbocycles. The molecule has 23 heavy (non-hydrogen) atoms. The number of carbonyl (C=O) groups excluding carboxylic acids is 1. The average Bonchev–Trinajstić information content (AvgIpc) is 2.59. The summed E-state index contributed by atoms with van der Waals surface area (Å²) >= 11 is 0. The number of amides is 1. The lowest BCUT2D eigenvalue weighted by Gasteiger charge is -2.33. The van der Waals surface area contributed by atoms with E-state index >= 15 is 0 Å². The lowest BCUT2D eigenvalue weighted by molar-refractivity contribution is -0.128. The molecule has 1 unspecified atom stereocenters. The van der Waals surface area contributed by atoms with Crippen LogP contribution in [0.4, 0.5) is 0 Å². The van der Waals surface area contributed by atoms with E-state index < -0.39 is 0 Å². The van der Waals surface area contributed by atoms with E-state index in [2.05, 4.69) is 5.32 Å². The number of carbonyl (C=O) groups is 1. The van der Waals surface area contributed by atoms with Crippen molar-refractivity contribution in [2.24, 2.45) is 0 Å². The minimum atomic E-state index is 0.0212. The van der Waals surface area contributed by atoms with E-state index in [4.69, 9.17) is 14.2 Å². The molecule has 0 spiro atoms. The second kappa shape index (κ2) is 6.91. The van der Waals surface area contributed by atoms with Crippen LogP contribution in [-0.2, 0) is 4.79 Å². The van der Waals surface area contributed by atoms with Gasteiger partial charge in [-0.05, 0) is 30.7 Å². The number of hydrogen-bond donors (Lipinski definition) is 1. The van der Waals surface area contributed by atoms with Crippen LogP contribution in [0.2, 0.25) is 0 Å². The maximum atomic E-state index is 12.3. The topological polar surface area (TPSA) is 60.0 Å². The molecule has 124 valence electrons. The molecule has 6 heteroatoms. The molecule has 0 aromatic heterocycles. The summed E-state index contributed by atoms with van der Waals surface area (Å²) in [5, 5.41) is 3.28. The van der Waals surface area contributed by atoms with E-state index in [0.29, 0.717) is 30.5 Å². The van der Waals surface area contributed by atoms with Gasteiger partial charge in [-0.15, -0.1) is 0 Å². The van der Waals surface area contributed by atoms with Crippen LogP contribution in [0.25, 0.3) is 6.08 Å². The van der Waals surface area contributed by atoms with Gasteiger partial charge in [-0.3, -0.25) is 4.79 Å². The Morgan fingerprint density at radius 2 is 2.22 bits per heavy atom. The van der Waals surface area contributed by atoms with Gasteiger partial charge in [-0.1, -0.05) is 0 Å². The molecule has 1 N–H and O–H groups in total. The van der Waals surface area contributed by atoms with Crippen molar-refractivity contribution in [1.82, 2.24) is 10.2 Å². The maximum absolute atomic E-state index is 12.3. The molecule has 0 aliphatic carbocycles. The monoisotopic (exact) mass is 318 g/mol. The van der Waals surface area contributed by atoms with Crippen LogP contribution in [0.15, 0.2) is 18.2 Å². The Bertz CT molecular complexity index is 598. The van der Waals surface area contributed by atoms with E-state index in [1.807, 2.05) is 24.0 Å². The van der Waals surface area contributed by atoms with Gasteiger partial charge in [0, 0.05) is 31.8 Å². The zero-order valence-corrected chi connectivity index (χ0v) is 13.5. The van der Waals surface area contributed by atoms with Gasteiger partial charge in [-0.25, -0.2) is 0 Å². The number of benzene rings is 1. The second-order valence-electron chi connectivity index (χ2n) is 5.67. The van der Waals surface area contributed by atoms with Crippen molar-refractivity contribution in [3.8, 4) is 17.2 Å². The number of hydrogen-bond acceptors (Lipinski definition) is 5. The van der Waals surface area contributed by atoms with Crippen molar-refractivity contribution in [1.29, 1.82) is 0 Å². The number of nitrogens with one attached hydrogen (secondary N) is 1. The summed E-state index contributed by atoms with van der Waals surface area (Å²) in [5.41, 5.74) is 0.849. The van der Waals surface area contributed by atoms with Crippen LogP contribution in [0, 0.1) is 0 Å². The van der Waals surface area contributed by atoms with Crippen LogP contribution in [0.5, 0.6) is 17.2 Å². The Morgan fingerprint density at radius 3 is 3.00 bits per heavy atom. The fourth-order valence-electron chi connectivity index (χ4n) is 2.82. The van der Waals surface area contributed by atoms with Gasteiger partial charge in [0.15, 0.2) is 11.5 Å². The minimum absolute atomic E-state index is 0.0212. The van der Waals surface area contributed by atoms with Gasteiger partial charge in [0.1, 0.15) is 13.2 Å². The number of piperazine rings is 1. The summed E-state index contributed by atoms with van der Waals surface area (Å²) < 4.78 is 16.5. The molecule has 1 atom stereocenters. The SMILES string of the molecule is COc1cc(/C=C/C(=O)N2CCNCC2C)cc2c1OCCO2. The molecular weight excluding hydrogens is 296 g/mol. The fraction of sp³-hybridized carbons (Fsp3) is 0.471. The quantitative estimate of drug-likeness (QED) is 0.851. The second-order valence-corrected chi connectivity index (χ2v) is 5.67. The first-order valence-corrected chi connectivity index (χ1v) is 7.86. The van der Waals surface area contributed by atoms with Crippen LogP contribution in [-0.4, -0.2) is 56.8 Å². The third-order valence-corrected chi connectivity index (χ3v) is 4.05. The lowest BCUT2D eigenvalue weighted by Crippen LogP contribution is -2.51. The molecule has 1 saturated heterocycles. The average molecular weight is 318 g/mol. The van der Waals surface area contributed by atoms with E-state index in [1.165, 1.54) is 0 Å². The van der Waals surface area contributed by atoms with Crippen LogP contribution >= 0.6 is 0 Å². The van der Waals surface area contributed by atoms with Gasteiger partial charge in [0.05, 0.1) is 7.11 Å². The summed E-state index contributed by atoms with van der Waals surface area (Å²) in [6.45, 7) is 5.47. The van der Waals surface area contributed by atoms with Gasteiger partial charge in [0.25, 0.3) is 0 Å². The van der Waals surface area contributed by atoms with Crippen LogP contribution < -0.4 is 19.5 Å². The number of fused-ring (bicyclic) bond motifs is 1. The van der Waals surface area contributed by atoms with E-state index in [0.717, 1.165) is 25.2 Å². The molecule has 2 aliphatic rings. The molecular formula is C17H22N2O4. The van der Waals surface area contributed by atoms with E-state index in [9.17, 15) is 4.79 Å². The van der Waals surface area contributed by atoms with Gasteiger partial charge in [0.2, 0.25) is 11.7 Å². The number of nitrogens with zero attached hydrogens (tertiary/aromatic N) is 1. The van der Waals surface area contributed by atoms with Crippen molar-refractivity contribution in [2.75, 3.05) is 40.0 Å². The molecule has 6 nitrogen and oxygen atoms in total. The summed E-state index contributed by atoms with van der Waals surface area (Å²) in [7, 11) is 1.59. The highest BCUT2D eigenvalue weighted by Gasteiger charge is 2.21. The number of rotatable bonds is 3. The minimum Gasteiger partial charge on any atom is -0.493 e. The molecule has 0 bridgehead atoms. The van der Waals surface area contributed by atoms with Gasteiger partial charge in [-0.2, -0.15) is 0 Å². The third kappa shape index (κ3) is 3.42. The molecule has 1 fully saturated rings. The molecule has 0 radical (unpaired) electrons. The Balaban J connectivity index is 1.78. The molecule has 1 amide bonds. The van der Waals surface area contributed by atoms with Gasteiger partial charge >= 0.3 is 0 Å². The van der Waals surface area contributed by atoms with Crippen molar-refractivity contribution < 1.29 is 19.0 Å². The standard InChI is InChI=1S/C17H22N2O4/c1-12-11-18-5-6-19(12)16(20)4-3-13-9-14(21-2)17-15(10-13)22-7-8-23-17/h3-4,9-10,12,18H,5-8,11H2,1-2H3/b4-3+. The predicted octanol–water partition coefficient (Wildman–Crippen LogP) is 1.30. The highest BCUT2D eigenvalue weighted by molar-refractivity contribution is 5.92. The Kier molecular flexibility index (Phi) is 4.71. The molecule has 2 heterocycles. The Morgan fingerprint density at radius 1 is 1.39 bits per heavy atom. The zero-order valence-electron chi connectivity index (χ0n) is 13.5. The normalized spacial score (nSPS) is 20.6. The summed E-state index contributed by atoms with van der Waals surface area (Å²) in [5.74, 6) is 1.91. The molecule has 2 aliphatic heterocycles. The van der Waals surface area contributed by atoms with Crippen LogP contribution in [0.1, 0.15) is 12.5 Å². The predicted molar refractivity (Wildman–Crippen MR) is 87.1 cm³/mol. The zero-order chi connectivity index (χ0) is 16.2. The first-order chi connectivity index (χ1) is 11.2. The smallest absolute Gasteiger partial charge is 0.246 e. The summed E-state index contributed by atoms with van der Waals surface area (Å²) in [4.78, 5) is 14.2. The first kappa shape index (κ1) is 15.7. The first-order valence-electron chi connectivity index (χ1n) is 7.86. The summed E-state index contributed by atoms with van der Waals surface area (Å²) in [6.07, 6.45) is 3.39. The number of ether oxygens (including phenoxy) is 3. The highest BCUT2D eigenvalue weighted by Crippen LogP contribution is 2.40. The molecule has 1 aromatic rings. The number of methoxy groups -OCH3 is 1. The van der Waals surface area contributed by atoms with Crippen molar-refractivity contribution in [2.45, 2.75) is 13.0 Å². The van der Waals surface area contributed by atoms with E-state index in [1.54, 1.807) is 19.3 Å². The Hall–Kier alpha value is -2.21. The molecule has 1 aromatic carbocycles. The third-order valence-electron chi connectivity index (χ3n) is 4.05.